The second-order valence-corrected chi connectivity index (χ2v) is 9.02. The molecule has 7 nitrogen and oxygen atoms in total. The maximum atomic E-state index is 12.8. The van der Waals surface area contributed by atoms with Crippen LogP contribution in [0.1, 0.15) is 52.5 Å². The number of hydrogen-bond donors (Lipinski definition) is 1. The monoisotopic (exact) mass is 416 g/mol. The topological polar surface area (TPSA) is 107 Å². The number of ether oxygens (including phenoxy) is 1. The molecule has 2 aromatic carbocycles. The molecule has 0 aliphatic carbocycles. The molecule has 8 heteroatoms. The zero-order chi connectivity index (χ0) is 21.0. The number of sulfonamides is 1. The Labute approximate surface area is 170 Å². The van der Waals surface area contributed by atoms with Gasteiger partial charge in [0.05, 0.1) is 10.5 Å². The van der Waals surface area contributed by atoms with Crippen molar-refractivity contribution in [2.45, 2.75) is 43.7 Å². The minimum atomic E-state index is -3.58. The van der Waals surface area contributed by atoms with Gasteiger partial charge in [0.15, 0.2) is 0 Å². The summed E-state index contributed by atoms with van der Waals surface area (Å²) >= 11 is 0. The second-order valence-electron chi connectivity index (χ2n) is 7.13. The van der Waals surface area contributed by atoms with Crippen molar-refractivity contribution in [3.63, 3.8) is 0 Å². The maximum Gasteiger partial charge on any atom is 0.338 e. The van der Waals surface area contributed by atoms with Crippen molar-refractivity contribution in [1.29, 1.82) is 0 Å². The summed E-state index contributed by atoms with van der Waals surface area (Å²) in [4.78, 5) is 23.7. The van der Waals surface area contributed by atoms with E-state index < -0.39 is 21.9 Å². The molecule has 1 atom stereocenters. The summed E-state index contributed by atoms with van der Waals surface area (Å²) in [6, 6.07) is 12.2. The number of benzene rings is 2. The summed E-state index contributed by atoms with van der Waals surface area (Å²) in [5, 5.41) is 0. The van der Waals surface area contributed by atoms with E-state index in [1.165, 1.54) is 28.6 Å². The Morgan fingerprint density at radius 2 is 1.83 bits per heavy atom. The highest BCUT2D eigenvalue weighted by molar-refractivity contribution is 7.89. The Kier molecular flexibility index (Phi) is 6.34. The van der Waals surface area contributed by atoms with Crippen LogP contribution in [0.4, 0.5) is 0 Å². The molecule has 1 saturated heterocycles. The van der Waals surface area contributed by atoms with Crippen molar-refractivity contribution >= 4 is 21.9 Å². The van der Waals surface area contributed by atoms with E-state index in [0.717, 1.165) is 19.3 Å². The number of nitrogens with two attached hydrogens (primary N) is 1. The third-order valence-electron chi connectivity index (χ3n) is 5.02. The van der Waals surface area contributed by atoms with Crippen LogP contribution in [0.2, 0.25) is 0 Å². The zero-order valence-corrected chi connectivity index (χ0v) is 17.0. The number of carbonyl (C=O) groups is 2. The molecule has 0 radical (unpaired) electrons. The predicted octanol–water partition coefficient (Wildman–Crippen LogP) is 2.71. The van der Waals surface area contributed by atoms with E-state index in [-0.39, 0.29) is 23.1 Å². The maximum absolute atomic E-state index is 12.8. The smallest absolute Gasteiger partial charge is 0.338 e. The first-order valence-corrected chi connectivity index (χ1v) is 10.9. The summed E-state index contributed by atoms with van der Waals surface area (Å²) in [5.74, 6) is -1.14. The van der Waals surface area contributed by atoms with Gasteiger partial charge in [-0.15, -0.1) is 0 Å². The highest BCUT2D eigenvalue weighted by Gasteiger charge is 2.30. The highest BCUT2D eigenvalue weighted by Crippen LogP contribution is 2.25. The van der Waals surface area contributed by atoms with Gasteiger partial charge in [-0.25, -0.2) is 13.2 Å². The van der Waals surface area contributed by atoms with E-state index in [9.17, 15) is 18.0 Å². The molecule has 3 rings (SSSR count). The van der Waals surface area contributed by atoms with Crippen molar-refractivity contribution in [3.05, 3.63) is 65.2 Å². The number of esters is 1. The van der Waals surface area contributed by atoms with E-state index in [1.807, 2.05) is 6.92 Å². The molecule has 1 aliphatic rings. The van der Waals surface area contributed by atoms with Crippen LogP contribution in [-0.4, -0.2) is 37.2 Å². The molecular formula is C21H24N2O5S. The molecule has 0 bridgehead atoms. The van der Waals surface area contributed by atoms with Crippen LogP contribution < -0.4 is 5.73 Å². The fourth-order valence-electron chi connectivity index (χ4n) is 3.37. The number of hydrogen-bond acceptors (Lipinski definition) is 5. The summed E-state index contributed by atoms with van der Waals surface area (Å²) < 4.78 is 32.5. The first-order chi connectivity index (χ1) is 13.8. The SMILES string of the molecule is CC1CCCCN1S(=O)(=O)c1ccc(C(=O)OCc2cccc(C(N)=O)c2)cc1. The van der Waals surface area contributed by atoms with Gasteiger partial charge in [0.25, 0.3) is 0 Å². The molecular weight excluding hydrogens is 392 g/mol. The van der Waals surface area contributed by atoms with Gasteiger partial charge in [0, 0.05) is 18.2 Å². The minimum Gasteiger partial charge on any atom is -0.457 e. The average Bonchev–Trinajstić information content (AvgIpc) is 2.72. The summed E-state index contributed by atoms with van der Waals surface area (Å²) in [6.45, 7) is 2.40. The first kappa shape index (κ1) is 21.0. The van der Waals surface area contributed by atoms with Crippen LogP contribution >= 0.6 is 0 Å². The number of primary amides is 1. The average molecular weight is 416 g/mol. The Balaban J connectivity index is 1.67. The van der Waals surface area contributed by atoms with Crippen LogP contribution in [0.3, 0.4) is 0 Å². The lowest BCUT2D eigenvalue weighted by Gasteiger charge is -2.32. The molecule has 0 saturated carbocycles. The molecule has 0 spiro atoms. The molecule has 1 amide bonds. The third-order valence-corrected chi connectivity index (χ3v) is 7.05. The van der Waals surface area contributed by atoms with Crippen LogP contribution in [0.25, 0.3) is 0 Å². The number of nitrogens with zero attached hydrogens (tertiary/aromatic N) is 1. The van der Waals surface area contributed by atoms with Crippen LogP contribution in [0.5, 0.6) is 0 Å². The Morgan fingerprint density at radius 1 is 1.10 bits per heavy atom. The second kappa shape index (κ2) is 8.75. The van der Waals surface area contributed by atoms with E-state index in [4.69, 9.17) is 10.5 Å². The normalized spacial score (nSPS) is 17.6. The Morgan fingerprint density at radius 3 is 2.48 bits per heavy atom. The lowest BCUT2D eigenvalue weighted by Crippen LogP contribution is -2.41. The summed E-state index contributed by atoms with van der Waals surface area (Å²) in [6.07, 6.45) is 2.73. The van der Waals surface area contributed by atoms with Crippen molar-refractivity contribution in [2.24, 2.45) is 5.73 Å². The molecule has 1 fully saturated rings. The highest BCUT2D eigenvalue weighted by atomic mass is 32.2. The fourth-order valence-corrected chi connectivity index (χ4v) is 5.07. The van der Waals surface area contributed by atoms with Gasteiger partial charge in [0.2, 0.25) is 15.9 Å². The van der Waals surface area contributed by atoms with Gasteiger partial charge in [0.1, 0.15) is 6.61 Å². The number of carbonyl (C=O) groups excluding carboxylic acids is 2. The molecule has 1 unspecified atom stereocenters. The number of rotatable bonds is 6. The van der Waals surface area contributed by atoms with Crippen LogP contribution in [0.15, 0.2) is 53.4 Å². The standard InChI is InChI=1S/C21H24N2O5S/c1-15-5-2-3-12-23(15)29(26,27)19-10-8-17(9-11-19)21(25)28-14-16-6-4-7-18(13-16)20(22)24/h4,6-11,13,15H,2-3,5,12,14H2,1H3,(H2,22,24). The lowest BCUT2D eigenvalue weighted by molar-refractivity contribution is 0.0472. The van der Waals surface area contributed by atoms with E-state index in [1.54, 1.807) is 24.3 Å². The molecule has 154 valence electrons. The minimum absolute atomic E-state index is 0.0225. The molecule has 2 aromatic rings. The third kappa shape index (κ3) is 4.83. The zero-order valence-electron chi connectivity index (χ0n) is 16.2. The summed E-state index contributed by atoms with van der Waals surface area (Å²) in [7, 11) is -3.58. The van der Waals surface area contributed by atoms with Gasteiger partial charge in [-0.1, -0.05) is 18.6 Å². The van der Waals surface area contributed by atoms with Crippen molar-refractivity contribution in [1.82, 2.24) is 4.31 Å². The van der Waals surface area contributed by atoms with Gasteiger partial charge in [-0.3, -0.25) is 4.79 Å². The fraction of sp³-hybridized carbons (Fsp3) is 0.333. The van der Waals surface area contributed by atoms with E-state index in [0.29, 0.717) is 17.7 Å². The van der Waals surface area contributed by atoms with Gasteiger partial charge in [-0.2, -0.15) is 4.31 Å². The Bertz CT molecular complexity index is 1000. The largest absolute Gasteiger partial charge is 0.457 e. The van der Waals surface area contributed by atoms with E-state index >= 15 is 0 Å². The molecule has 29 heavy (non-hydrogen) atoms. The lowest BCUT2D eigenvalue weighted by atomic mass is 10.1. The molecule has 0 aromatic heterocycles. The number of piperidine rings is 1. The van der Waals surface area contributed by atoms with Crippen LogP contribution in [0, 0.1) is 0 Å². The summed E-state index contributed by atoms with van der Waals surface area (Å²) in [5.41, 5.74) is 6.46. The molecule has 1 heterocycles. The van der Waals surface area contributed by atoms with Gasteiger partial charge >= 0.3 is 5.97 Å². The van der Waals surface area contributed by atoms with Gasteiger partial charge in [-0.05, 0) is 61.7 Å². The number of amides is 1. The Hall–Kier alpha value is -2.71. The quantitative estimate of drug-likeness (QED) is 0.729. The van der Waals surface area contributed by atoms with Crippen molar-refractivity contribution in [2.75, 3.05) is 6.54 Å². The molecule has 1 aliphatic heterocycles. The van der Waals surface area contributed by atoms with Crippen molar-refractivity contribution < 1.29 is 22.7 Å². The van der Waals surface area contributed by atoms with Crippen LogP contribution in [-0.2, 0) is 21.4 Å². The molecule has 2 N–H and O–H groups in total. The first-order valence-electron chi connectivity index (χ1n) is 9.47. The van der Waals surface area contributed by atoms with E-state index in [2.05, 4.69) is 0 Å². The predicted molar refractivity (Wildman–Crippen MR) is 108 cm³/mol. The van der Waals surface area contributed by atoms with Gasteiger partial charge < -0.3 is 10.5 Å². The van der Waals surface area contributed by atoms with Crippen molar-refractivity contribution in [3.8, 4) is 0 Å².